The van der Waals surface area contributed by atoms with Gasteiger partial charge in [-0.15, -0.1) is 0 Å². The molecule has 1 aromatic carbocycles. The minimum atomic E-state index is -0.631. The van der Waals surface area contributed by atoms with Gasteiger partial charge in [-0.1, -0.05) is 18.2 Å². The molecule has 2 aromatic rings. The van der Waals surface area contributed by atoms with Gasteiger partial charge < -0.3 is 20.3 Å². The van der Waals surface area contributed by atoms with E-state index in [9.17, 15) is 9.59 Å². The largest absolute Gasteiger partial charge is 0.479 e. The Kier molecular flexibility index (Phi) is 4.28. The van der Waals surface area contributed by atoms with Crippen LogP contribution in [0.3, 0.4) is 0 Å². The highest BCUT2D eigenvalue weighted by atomic mass is 16.5. The molecule has 1 aliphatic rings. The summed E-state index contributed by atoms with van der Waals surface area (Å²) in [4.78, 5) is 34.2. The van der Waals surface area contributed by atoms with E-state index in [1.807, 2.05) is 24.3 Å². The highest BCUT2D eigenvalue weighted by Crippen LogP contribution is 2.25. The van der Waals surface area contributed by atoms with Crippen LogP contribution in [0.4, 0.5) is 16.2 Å². The molecular weight excluding hydrogens is 310 g/mol. The molecule has 1 unspecified atom stereocenters. The average molecular weight is 327 g/mol. The quantitative estimate of drug-likeness (QED) is 0.877. The molecule has 1 atom stereocenters. The Labute approximate surface area is 138 Å². The number of urea groups is 1. The molecule has 8 nitrogen and oxygen atoms in total. The number of methoxy groups -OCH3 is 1. The number of carbonyl (C=O) groups is 2. The molecule has 24 heavy (non-hydrogen) atoms. The number of hydrogen-bond donors (Lipinski definition) is 2. The number of benzene rings is 1. The Hall–Kier alpha value is -3.16. The van der Waals surface area contributed by atoms with E-state index in [0.29, 0.717) is 17.9 Å². The van der Waals surface area contributed by atoms with Crippen LogP contribution in [-0.2, 0) is 11.3 Å². The second kappa shape index (κ2) is 6.53. The molecule has 0 radical (unpaired) electrons. The zero-order chi connectivity index (χ0) is 17.1. The van der Waals surface area contributed by atoms with Crippen LogP contribution in [0.5, 0.6) is 5.88 Å². The third-order valence-electron chi connectivity index (χ3n) is 3.83. The maximum absolute atomic E-state index is 12.7. The molecule has 2 heterocycles. The number of rotatable bonds is 2. The van der Waals surface area contributed by atoms with Crippen LogP contribution in [0.2, 0.25) is 0 Å². The molecule has 1 aromatic heterocycles. The van der Waals surface area contributed by atoms with E-state index in [-0.39, 0.29) is 11.8 Å². The lowest BCUT2D eigenvalue weighted by molar-refractivity contribution is -0.119. The van der Waals surface area contributed by atoms with E-state index in [2.05, 4.69) is 20.6 Å². The van der Waals surface area contributed by atoms with Gasteiger partial charge in [0.25, 0.3) is 0 Å². The van der Waals surface area contributed by atoms with Gasteiger partial charge in [-0.25, -0.2) is 9.78 Å². The van der Waals surface area contributed by atoms with E-state index < -0.39 is 12.1 Å². The Morgan fingerprint density at radius 2 is 2.21 bits per heavy atom. The lowest BCUT2D eigenvalue weighted by Gasteiger charge is -2.26. The number of anilines is 2. The first-order valence-electron chi connectivity index (χ1n) is 7.40. The van der Waals surface area contributed by atoms with Crippen LogP contribution >= 0.6 is 0 Å². The van der Waals surface area contributed by atoms with Crippen LogP contribution in [0.25, 0.3) is 0 Å². The van der Waals surface area contributed by atoms with Crippen molar-refractivity contribution in [1.29, 1.82) is 0 Å². The molecule has 124 valence electrons. The number of nitrogens with zero attached hydrogens (tertiary/aromatic N) is 3. The topological polar surface area (TPSA) is 96.5 Å². The summed E-state index contributed by atoms with van der Waals surface area (Å²) in [7, 11) is 1.45. The van der Waals surface area contributed by atoms with E-state index >= 15 is 0 Å². The van der Waals surface area contributed by atoms with Crippen LogP contribution in [0.1, 0.15) is 12.5 Å². The number of amides is 3. The number of para-hydroxylation sites is 1. The van der Waals surface area contributed by atoms with E-state index in [4.69, 9.17) is 4.74 Å². The lowest BCUT2D eigenvalue weighted by atomic mass is 10.1. The van der Waals surface area contributed by atoms with Gasteiger partial charge in [-0.2, -0.15) is 4.98 Å². The molecule has 3 amide bonds. The summed E-state index contributed by atoms with van der Waals surface area (Å²) in [5.41, 5.74) is 1.92. The second-order valence-corrected chi connectivity index (χ2v) is 5.33. The summed E-state index contributed by atoms with van der Waals surface area (Å²) in [6.07, 6.45) is 2.77. The Balaban J connectivity index is 1.87. The number of aromatic nitrogens is 2. The molecule has 1 aliphatic heterocycles. The number of hydrogen-bond acceptors (Lipinski definition) is 5. The third kappa shape index (κ3) is 2.98. The molecule has 0 spiro atoms. The summed E-state index contributed by atoms with van der Waals surface area (Å²) in [5.74, 6) is 0.0112. The van der Waals surface area contributed by atoms with Gasteiger partial charge in [0.1, 0.15) is 18.1 Å². The zero-order valence-electron chi connectivity index (χ0n) is 13.3. The number of nitrogens with one attached hydrogen (secondary N) is 2. The summed E-state index contributed by atoms with van der Waals surface area (Å²) >= 11 is 0. The van der Waals surface area contributed by atoms with Crippen LogP contribution in [0.15, 0.2) is 36.8 Å². The highest BCUT2D eigenvalue weighted by molar-refractivity contribution is 6.00. The standard InChI is InChI=1S/C16H17N5O3/c1-10-14(22)19-12-6-4-3-5-11(12)8-21(10)16(23)20-13-7-17-9-18-15(13)24-2/h3-7,9-10H,8H2,1-2H3,(H,19,22)(H,20,23). The van der Waals surface area contributed by atoms with Crippen molar-refractivity contribution in [2.24, 2.45) is 0 Å². The van der Waals surface area contributed by atoms with Gasteiger partial charge in [0, 0.05) is 5.69 Å². The number of carbonyl (C=O) groups excluding carboxylic acids is 2. The Morgan fingerprint density at radius 1 is 1.42 bits per heavy atom. The summed E-state index contributed by atoms with van der Waals surface area (Å²) in [5, 5.41) is 5.53. The maximum atomic E-state index is 12.7. The van der Waals surface area contributed by atoms with E-state index in [1.165, 1.54) is 24.5 Å². The van der Waals surface area contributed by atoms with Crippen molar-refractivity contribution < 1.29 is 14.3 Å². The first-order chi connectivity index (χ1) is 11.6. The fourth-order valence-electron chi connectivity index (χ4n) is 2.48. The number of ether oxygens (including phenoxy) is 1. The molecular formula is C16H17N5O3. The van der Waals surface area contributed by atoms with Crippen molar-refractivity contribution in [3.8, 4) is 5.88 Å². The SMILES string of the molecule is COc1ncncc1NC(=O)N1Cc2ccccc2NC(=O)C1C. The third-order valence-corrected chi connectivity index (χ3v) is 3.83. The summed E-state index contributed by atoms with van der Waals surface area (Å²) < 4.78 is 5.10. The van der Waals surface area contributed by atoms with E-state index in [1.54, 1.807) is 6.92 Å². The summed E-state index contributed by atoms with van der Waals surface area (Å²) in [6.45, 7) is 1.98. The molecule has 2 N–H and O–H groups in total. The number of fused-ring (bicyclic) bond motifs is 1. The first kappa shape index (κ1) is 15.7. The van der Waals surface area contributed by atoms with Crippen molar-refractivity contribution in [2.75, 3.05) is 17.7 Å². The fraction of sp³-hybridized carbons (Fsp3) is 0.250. The Morgan fingerprint density at radius 3 is 3.00 bits per heavy atom. The van der Waals surface area contributed by atoms with Gasteiger partial charge in [-0.05, 0) is 18.6 Å². The monoisotopic (exact) mass is 327 g/mol. The van der Waals surface area contributed by atoms with Gasteiger partial charge in [-0.3, -0.25) is 4.79 Å². The van der Waals surface area contributed by atoms with E-state index in [0.717, 1.165) is 5.56 Å². The molecule has 0 fully saturated rings. The van der Waals surface area contributed by atoms with Crippen molar-refractivity contribution in [1.82, 2.24) is 14.9 Å². The van der Waals surface area contributed by atoms with Crippen molar-refractivity contribution in [2.45, 2.75) is 19.5 Å². The molecule has 3 rings (SSSR count). The first-order valence-corrected chi connectivity index (χ1v) is 7.40. The predicted molar refractivity (Wildman–Crippen MR) is 87.7 cm³/mol. The second-order valence-electron chi connectivity index (χ2n) is 5.33. The van der Waals surface area contributed by atoms with Crippen LogP contribution in [-0.4, -0.2) is 40.0 Å². The molecule has 0 saturated carbocycles. The maximum Gasteiger partial charge on any atom is 0.323 e. The van der Waals surface area contributed by atoms with Gasteiger partial charge in [0.2, 0.25) is 11.8 Å². The van der Waals surface area contributed by atoms with Gasteiger partial charge in [0.15, 0.2) is 0 Å². The summed E-state index contributed by atoms with van der Waals surface area (Å²) in [6, 6.07) is 6.34. The average Bonchev–Trinajstić information content (AvgIpc) is 2.72. The molecule has 0 saturated heterocycles. The smallest absolute Gasteiger partial charge is 0.323 e. The lowest BCUT2D eigenvalue weighted by Crippen LogP contribution is -2.45. The fourth-order valence-corrected chi connectivity index (χ4v) is 2.48. The van der Waals surface area contributed by atoms with Crippen LogP contribution in [0, 0.1) is 0 Å². The minimum absolute atomic E-state index is 0.244. The normalized spacial score (nSPS) is 16.7. The van der Waals surface area contributed by atoms with Crippen molar-refractivity contribution in [3.05, 3.63) is 42.4 Å². The van der Waals surface area contributed by atoms with Crippen molar-refractivity contribution >= 4 is 23.3 Å². The molecule has 0 bridgehead atoms. The van der Waals surface area contributed by atoms with Gasteiger partial charge >= 0.3 is 6.03 Å². The zero-order valence-corrected chi connectivity index (χ0v) is 13.3. The van der Waals surface area contributed by atoms with Gasteiger partial charge in [0.05, 0.1) is 19.9 Å². The molecule has 8 heteroatoms. The predicted octanol–water partition coefficient (Wildman–Crippen LogP) is 1.86. The highest BCUT2D eigenvalue weighted by Gasteiger charge is 2.30. The minimum Gasteiger partial charge on any atom is -0.479 e. The van der Waals surface area contributed by atoms with Crippen LogP contribution < -0.4 is 15.4 Å². The van der Waals surface area contributed by atoms with Crippen molar-refractivity contribution in [3.63, 3.8) is 0 Å². The molecule has 0 aliphatic carbocycles. The Bertz CT molecular complexity index is 780.